The number of ether oxygens (including phenoxy) is 1. The van der Waals surface area contributed by atoms with Gasteiger partial charge < -0.3 is 15.4 Å². The molecule has 21 heavy (non-hydrogen) atoms. The highest BCUT2D eigenvalue weighted by molar-refractivity contribution is 5.88. The van der Waals surface area contributed by atoms with Crippen LogP contribution in [0.5, 0.6) is 0 Å². The lowest BCUT2D eigenvalue weighted by Gasteiger charge is -2.16. The Bertz CT molecular complexity index is 550. The average Bonchev–Trinajstić information content (AvgIpc) is 3.19. The first-order valence-corrected chi connectivity index (χ1v) is 7.23. The van der Waals surface area contributed by atoms with Gasteiger partial charge in [0.05, 0.1) is 25.4 Å². The Morgan fingerprint density at radius 2 is 2.33 bits per heavy atom. The largest absolute Gasteiger partial charge is 0.464 e. The molecular weight excluding hydrogens is 274 g/mol. The fourth-order valence-electron chi connectivity index (χ4n) is 2.98. The predicted octanol–water partition coefficient (Wildman–Crippen LogP) is -0.232. The average molecular weight is 293 g/mol. The monoisotopic (exact) mass is 293 g/mol. The molecule has 8 nitrogen and oxygen atoms in total. The van der Waals surface area contributed by atoms with Crippen molar-refractivity contribution in [3.63, 3.8) is 0 Å². The van der Waals surface area contributed by atoms with Crippen molar-refractivity contribution >= 4 is 11.9 Å². The molecule has 1 aromatic heterocycles. The molecule has 0 radical (unpaired) electrons. The van der Waals surface area contributed by atoms with Crippen LogP contribution in [-0.4, -0.2) is 46.6 Å². The quantitative estimate of drug-likeness (QED) is 0.744. The zero-order valence-corrected chi connectivity index (χ0v) is 12.0. The SMILES string of the molecule is COC(=O)c1nnn(CC2CCC(=O)N2)c1C1CCCN1. The van der Waals surface area contributed by atoms with Gasteiger partial charge in [-0.05, 0) is 25.8 Å². The molecule has 0 bridgehead atoms. The maximum Gasteiger partial charge on any atom is 0.360 e. The Morgan fingerprint density at radius 3 is 2.95 bits per heavy atom. The number of carbonyl (C=O) groups is 2. The van der Waals surface area contributed by atoms with Gasteiger partial charge in [0.25, 0.3) is 0 Å². The van der Waals surface area contributed by atoms with Crippen LogP contribution in [0.3, 0.4) is 0 Å². The topological polar surface area (TPSA) is 98.1 Å². The molecule has 0 spiro atoms. The minimum absolute atomic E-state index is 0.0462. The second kappa shape index (κ2) is 5.80. The van der Waals surface area contributed by atoms with Crippen LogP contribution < -0.4 is 10.6 Å². The van der Waals surface area contributed by atoms with Crippen molar-refractivity contribution in [3.05, 3.63) is 11.4 Å². The summed E-state index contributed by atoms with van der Waals surface area (Å²) in [4.78, 5) is 23.2. The molecule has 0 saturated carbocycles. The molecule has 1 amide bonds. The molecule has 2 aliphatic rings. The minimum Gasteiger partial charge on any atom is -0.464 e. The minimum atomic E-state index is -0.472. The van der Waals surface area contributed by atoms with Crippen molar-refractivity contribution in [1.29, 1.82) is 0 Å². The Hall–Kier alpha value is -1.96. The van der Waals surface area contributed by atoms with Gasteiger partial charge in [0.1, 0.15) is 0 Å². The zero-order valence-electron chi connectivity index (χ0n) is 12.0. The number of esters is 1. The summed E-state index contributed by atoms with van der Waals surface area (Å²) in [6.45, 7) is 1.44. The second-order valence-corrected chi connectivity index (χ2v) is 5.45. The number of methoxy groups -OCH3 is 1. The normalized spacial score (nSPS) is 25.1. The number of nitrogens with one attached hydrogen (secondary N) is 2. The summed E-state index contributed by atoms with van der Waals surface area (Å²) in [5.41, 5.74) is 1.03. The first-order valence-electron chi connectivity index (χ1n) is 7.23. The smallest absolute Gasteiger partial charge is 0.360 e. The van der Waals surface area contributed by atoms with Crippen LogP contribution in [0.1, 0.15) is 47.9 Å². The van der Waals surface area contributed by atoms with E-state index in [2.05, 4.69) is 20.9 Å². The molecule has 114 valence electrons. The van der Waals surface area contributed by atoms with Crippen molar-refractivity contribution in [2.24, 2.45) is 0 Å². The summed E-state index contributed by atoms with van der Waals surface area (Å²) < 4.78 is 6.51. The Kier molecular flexibility index (Phi) is 3.87. The Morgan fingerprint density at radius 1 is 1.48 bits per heavy atom. The van der Waals surface area contributed by atoms with Crippen molar-refractivity contribution in [2.75, 3.05) is 13.7 Å². The van der Waals surface area contributed by atoms with Gasteiger partial charge in [-0.15, -0.1) is 5.10 Å². The molecule has 2 fully saturated rings. The third kappa shape index (κ3) is 2.76. The highest BCUT2D eigenvalue weighted by Gasteiger charge is 2.31. The van der Waals surface area contributed by atoms with E-state index in [-0.39, 0.29) is 23.7 Å². The lowest BCUT2D eigenvalue weighted by atomic mass is 10.1. The van der Waals surface area contributed by atoms with Crippen molar-refractivity contribution in [1.82, 2.24) is 25.6 Å². The summed E-state index contributed by atoms with van der Waals surface area (Å²) >= 11 is 0. The van der Waals surface area contributed by atoms with Gasteiger partial charge in [-0.25, -0.2) is 9.48 Å². The molecule has 2 unspecified atom stereocenters. The van der Waals surface area contributed by atoms with Gasteiger partial charge in [-0.3, -0.25) is 4.79 Å². The van der Waals surface area contributed by atoms with Crippen LogP contribution >= 0.6 is 0 Å². The summed E-state index contributed by atoms with van der Waals surface area (Å²) in [5.74, 6) is -0.408. The maximum atomic E-state index is 11.9. The number of amides is 1. The summed E-state index contributed by atoms with van der Waals surface area (Å²) in [6, 6.07) is 0.107. The molecule has 2 N–H and O–H groups in total. The molecule has 8 heteroatoms. The molecule has 3 heterocycles. The molecule has 1 aromatic rings. The van der Waals surface area contributed by atoms with Crippen LogP contribution in [0.25, 0.3) is 0 Å². The van der Waals surface area contributed by atoms with E-state index in [0.29, 0.717) is 13.0 Å². The Labute approximate surface area is 122 Å². The lowest BCUT2D eigenvalue weighted by molar-refractivity contribution is -0.119. The van der Waals surface area contributed by atoms with E-state index in [1.165, 1.54) is 7.11 Å². The van der Waals surface area contributed by atoms with Gasteiger partial charge in [-0.1, -0.05) is 5.21 Å². The molecule has 0 aromatic carbocycles. The molecule has 2 aliphatic heterocycles. The van der Waals surface area contributed by atoms with Crippen LogP contribution in [0.2, 0.25) is 0 Å². The predicted molar refractivity (Wildman–Crippen MR) is 72.5 cm³/mol. The zero-order chi connectivity index (χ0) is 14.8. The number of nitrogens with zero attached hydrogens (tertiary/aromatic N) is 3. The third-order valence-electron chi connectivity index (χ3n) is 4.02. The first-order chi connectivity index (χ1) is 10.2. The lowest BCUT2D eigenvalue weighted by Crippen LogP contribution is -2.31. The number of rotatable bonds is 4. The van der Waals surface area contributed by atoms with E-state index >= 15 is 0 Å². The third-order valence-corrected chi connectivity index (χ3v) is 4.02. The summed E-state index contributed by atoms with van der Waals surface area (Å²) in [6.07, 6.45) is 3.31. The number of hydrogen-bond acceptors (Lipinski definition) is 6. The fourth-order valence-corrected chi connectivity index (χ4v) is 2.98. The van der Waals surface area contributed by atoms with E-state index < -0.39 is 5.97 Å². The molecule has 2 atom stereocenters. The van der Waals surface area contributed by atoms with Gasteiger partial charge in [0, 0.05) is 12.5 Å². The molecule has 2 saturated heterocycles. The van der Waals surface area contributed by atoms with Gasteiger partial charge in [0.2, 0.25) is 5.91 Å². The molecular formula is C13H19N5O3. The van der Waals surface area contributed by atoms with E-state index in [1.807, 2.05) is 0 Å². The van der Waals surface area contributed by atoms with Crippen molar-refractivity contribution in [3.8, 4) is 0 Å². The van der Waals surface area contributed by atoms with E-state index in [1.54, 1.807) is 4.68 Å². The van der Waals surface area contributed by atoms with Gasteiger partial charge in [-0.2, -0.15) is 0 Å². The number of carbonyl (C=O) groups excluding carboxylic acids is 2. The highest BCUT2D eigenvalue weighted by Crippen LogP contribution is 2.26. The Balaban J connectivity index is 1.86. The first kappa shape index (κ1) is 14.0. The van der Waals surface area contributed by atoms with Crippen LogP contribution in [0.15, 0.2) is 0 Å². The van der Waals surface area contributed by atoms with Crippen LogP contribution in [0.4, 0.5) is 0 Å². The highest BCUT2D eigenvalue weighted by atomic mass is 16.5. The summed E-state index contributed by atoms with van der Waals surface area (Å²) in [5, 5.41) is 14.3. The van der Waals surface area contributed by atoms with Crippen LogP contribution in [-0.2, 0) is 16.1 Å². The molecule has 3 rings (SSSR count). The van der Waals surface area contributed by atoms with Gasteiger partial charge in [0.15, 0.2) is 5.69 Å². The standard InChI is InChI=1S/C13H19N5O3/c1-21-13(20)11-12(9-3-2-6-14-9)18(17-16-11)7-8-4-5-10(19)15-8/h8-9,14H,2-7H2,1H3,(H,15,19). The van der Waals surface area contributed by atoms with Crippen molar-refractivity contribution in [2.45, 2.75) is 44.3 Å². The number of aromatic nitrogens is 3. The number of hydrogen-bond donors (Lipinski definition) is 2. The van der Waals surface area contributed by atoms with Gasteiger partial charge >= 0.3 is 5.97 Å². The van der Waals surface area contributed by atoms with E-state index in [0.717, 1.165) is 31.5 Å². The second-order valence-electron chi connectivity index (χ2n) is 5.45. The maximum absolute atomic E-state index is 11.9. The fraction of sp³-hybridized carbons (Fsp3) is 0.692. The van der Waals surface area contributed by atoms with E-state index in [9.17, 15) is 9.59 Å². The van der Waals surface area contributed by atoms with Crippen molar-refractivity contribution < 1.29 is 14.3 Å². The molecule has 0 aliphatic carbocycles. The van der Waals surface area contributed by atoms with E-state index in [4.69, 9.17) is 4.74 Å². The van der Waals surface area contributed by atoms with Crippen LogP contribution in [0, 0.1) is 0 Å². The summed E-state index contributed by atoms with van der Waals surface area (Å²) in [7, 11) is 1.34.